The first-order valence-electron chi connectivity index (χ1n) is 0.365. The molecule has 0 rings (SSSR count). The summed E-state index contributed by atoms with van der Waals surface area (Å²) in [5, 5.41) is 9.00. The van der Waals surface area contributed by atoms with Crippen molar-refractivity contribution >= 4 is 8.41 Å². The molecule has 0 fully saturated rings. The molecule has 0 N–H and O–H groups in total. The third-order valence-electron chi connectivity index (χ3n) is 0. The molecular formula is H3BLiNO2. The minimum Gasteiger partial charge on any atom is -0.444 e. The zero-order chi connectivity index (χ0) is 2.71. The minimum atomic E-state index is 0. The molecule has 0 heterocycles. The molecule has 0 aliphatic heterocycles. The van der Waals surface area contributed by atoms with Crippen molar-refractivity contribution in [3.05, 3.63) is 10.1 Å². The van der Waals surface area contributed by atoms with Gasteiger partial charge < -0.3 is 10.1 Å². The molecule has 0 aromatic carbocycles. The maximum atomic E-state index is 8.00. The van der Waals surface area contributed by atoms with Crippen molar-refractivity contribution in [3.8, 4) is 0 Å². The Balaban J connectivity index is -0.0000000200. The normalized spacial score (nSPS) is 2.40. The van der Waals surface area contributed by atoms with Gasteiger partial charge in [-0.1, -0.05) is 0 Å². The second kappa shape index (κ2) is 33.8. The fourth-order valence-electron chi connectivity index (χ4n) is 0. The van der Waals surface area contributed by atoms with E-state index in [2.05, 4.69) is 0 Å². The van der Waals surface area contributed by atoms with Crippen molar-refractivity contribution in [2.24, 2.45) is 5.34 Å². The van der Waals surface area contributed by atoms with E-state index >= 15 is 0 Å². The standard InChI is InChI=1S/BH3.Li.HNO2/c;;2-1-3/h1H3;;(H,2,3)/q;+1;/p-1. The largest absolute Gasteiger partial charge is 1.00 e. The van der Waals surface area contributed by atoms with E-state index < -0.39 is 0 Å². The molecule has 0 amide bonds. The Morgan fingerprint density at radius 2 is 1.60 bits per heavy atom. The third-order valence-corrected chi connectivity index (χ3v) is 0. The smallest absolute Gasteiger partial charge is 0.444 e. The van der Waals surface area contributed by atoms with Crippen LogP contribution >= 0.6 is 0 Å². The molecule has 0 aliphatic rings. The van der Waals surface area contributed by atoms with Crippen LogP contribution in [0, 0.1) is 10.1 Å². The first-order valence-corrected chi connectivity index (χ1v) is 0.365. The van der Waals surface area contributed by atoms with Crippen molar-refractivity contribution in [1.29, 1.82) is 0 Å². The van der Waals surface area contributed by atoms with E-state index in [1.807, 2.05) is 0 Å². The van der Waals surface area contributed by atoms with Crippen molar-refractivity contribution in [2.45, 2.75) is 0 Å². The summed E-state index contributed by atoms with van der Waals surface area (Å²) < 4.78 is 0. The van der Waals surface area contributed by atoms with Crippen LogP contribution in [0.5, 0.6) is 0 Å². The van der Waals surface area contributed by atoms with E-state index in [4.69, 9.17) is 10.1 Å². The molecule has 0 radical (unpaired) electrons. The van der Waals surface area contributed by atoms with E-state index in [0.717, 1.165) is 5.34 Å². The Bertz CT molecular complexity index is 17.1. The van der Waals surface area contributed by atoms with Crippen LogP contribution < -0.4 is 18.9 Å². The summed E-state index contributed by atoms with van der Waals surface area (Å²) in [4.78, 5) is 8.00. The second-order valence-electron chi connectivity index (χ2n) is 0.0745. The number of rotatable bonds is 0. The van der Waals surface area contributed by atoms with Gasteiger partial charge in [-0.05, 0) is 0 Å². The van der Waals surface area contributed by atoms with Crippen LogP contribution in [0.25, 0.3) is 0 Å². The van der Waals surface area contributed by atoms with Crippen LogP contribution in [-0.2, 0) is 0 Å². The van der Waals surface area contributed by atoms with Gasteiger partial charge in [0, 0.05) is 0 Å². The van der Waals surface area contributed by atoms with Gasteiger partial charge in [-0.3, -0.25) is 0 Å². The molecule has 5 heavy (non-hydrogen) atoms. The molecule has 24 valence electrons. The predicted octanol–water partition coefficient (Wildman–Crippen LogP) is -3.93. The van der Waals surface area contributed by atoms with E-state index in [1.54, 1.807) is 0 Å². The molecule has 0 bridgehead atoms. The average molecular weight is 66.8 g/mol. The maximum absolute atomic E-state index is 8.00. The Kier molecular flexibility index (Phi) is 133. The Morgan fingerprint density at radius 1 is 1.60 bits per heavy atom. The fraction of sp³-hybridized carbons (Fsp3) is 0. The molecule has 0 saturated heterocycles. The molecule has 0 aromatic rings. The molecule has 0 aromatic heterocycles. The van der Waals surface area contributed by atoms with Crippen LogP contribution in [0.1, 0.15) is 0 Å². The summed E-state index contributed by atoms with van der Waals surface area (Å²) >= 11 is 0. The molecular weight excluding hydrogens is 63.8 g/mol. The van der Waals surface area contributed by atoms with Crippen molar-refractivity contribution < 1.29 is 18.9 Å². The summed E-state index contributed by atoms with van der Waals surface area (Å²) in [6.07, 6.45) is 0. The minimum absolute atomic E-state index is 0. The fourth-order valence-corrected chi connectivity index (χ4v) is 0. The summed E-state index contributed by atoms with van der Waals surface area (Å²) in [5.74, 6) is 0. The Hall–Kier alpha value is 0.0623. The van der Waals surface area contributed by atoms with E-state index in [9.17, 15) is 0 Å². The zero-order valence-electron chi connectivity index (χ0n) is 2.26. The van der Waals surface area contributed by atoms with Gasteiger partial charge in [0.1, 0.15) is 0 Å². The van der Waals surface area contributed by atoms with Gasteiger partial charge in [0.15, 0.2) is 0 Å². The van der Waals surface area contributed by atoms with Gasteiger partial charge in [0.2, 0.25) is 0 Å². The Labute approximate surface area is 43.4 Å². The molecule has 5 heteroatoms. The number of hydrogen-bond donors (Lipinski definition) is 0. The number of nitrogens with zero attached hydrogens (tertiary/aromatic N) is 1. The van der Waals surface area contributed by atoms with E-state index in [0.29, 0.717) is 0 Å². The third kappa shape index (κ3) is 4450. The van der Waals surface area contributed by atoms with Crippen molar-refractivity contribution in [3.63, 3.8) is 0 Å². The summed E-state index contributed by atoms with van der Waals surface area (Å²) in [6.45, 7) is 0. The van der Waals surface area contributed by atoms with Gasteiger partial charge in [0.25, 0.3) is 0 Å². The molecule has 3 nitrogen and oxygen atoms in total. The van der Waals surface area contributed by atoms with Crippen LogP contribution in [0.4, 0.5) is 0 Å². The average Bonchev–Trinajstić information content (AvgIpc) is 0.918. The van der Waals surface area contributed by atoms with Crippen LogP contribution in [0.2, 0.25) is 0 Å². The van der Waals surface area contributed by atoms with Crippen LogP contribution in [0.3, 0.4) is 0 Å². The van der Waals surface area contributed by atoms with Crippen LogP contribution in [-0.4, -0.2) is 8.41 Å². The number of hydrogen-bond acceptors (Lipinski definition) is 3. The molecule has 0 saturated carbocycles. The quantitative estimate of drug-likeness (QED) is 0.165. The topological polar surface area (TPSA) is 52.5 Å². The van der Waals surface area contributed by atoms with Gasteiger partial charge in [-0.25, -0.2) is 0 Å². The first kappa shape index (κ1) is 19.6. The summed E-state index contributed by atoms with van der Waals surface area (Å²) in [7, 11) is 0. The van der Waals surface area contributed by atoms with Gasteiger partial charge in [-0.15, -0.1) is 5.34 Å². The van der Waals surface area contributed by atoms with Crippen LogP contribution in [0.15, 0.2) is 5.34 Å². The summed E-state index contributed by atoms with van der Waals surface area (Å²) in [6, 6.07) is 0. The van der Waals surface area contributed by atoms with Gasteiger partial charge >= 0.3 is 18.9 Å². The molecule has 0 aliphatic carbocycles. The maximum Gasteiger partial charge on any atom is 1.00 e. The van der Waals surface area contributed by atoms with E-state index in [1.165, 1.54) is 0 Å². The predicted molar refractivity (Wildman–Crippen MR) is 19.1 cm³/mol. The Morgan fingerprint density at radius 3 is 1.60 bits per heavy atom. The van der Waals surface area contributed by atoms with Gasteiger partial charge in [-0.2, -0.15) is 0 Å². The molecule has 0 atom stereocenters. The van der Waals surface area contributed by atoms with Crippen molar-refractivity contribution in [1.82, 2.24) is 0 Å². The molecule has 0 unspecified atom stereocenters. The SMILES string of the molecule is B.O=N[O-].[Li+]. The summed E-state index contributed by atoms with van der Waals surface area (Å²) in [5.41, 5.74) is 0. The molecule has 0 spiro atoms. The van der Waals surface area contributed by atoms with Crippen molar-refractivity contribution in [2.75, 3.05) is 0 Å². The first-order chi connectivity index (χ1) is 1.41. The monoisotopic (exact) mass is 67.0 g/mol. The second-order valence-corrected chi connectivity index (χ2v) is 0.0745. The zero-order valence-corrected chi connectivity index (χ0v) is 2.26. The van der Waals surface area contributed by atoms with Gasteiger partial charge in [0.05, 0.1) is 8.41 Å². The van der Waals surface area contributed by atoms with E-state index in [-0.39, 0.29) is 27.3 Å².